The molecular weight excluding hydrogens is 403 g/mol. The first-order valence-electron chi connectivity index (χ1n) is 7.15. The second-order valence-corrected chi connectivity index (χ2v) is 7.70. The second kappa shape index (κ2) is 7.70. The fraction of sp³-hybridized carbons (Fsp3) is 0.125. The minimum Gasteiger partial charge on any atom is -0.506 e. The summed E-state index contributed by atoms with van der Waals surface area (Å²) in [6.07, 6.45) is 0. The molecule has 0 unspecified atom stereocenters. The van der Waals surface area contributed by atoms with Gasteiger partial charge >= 0.3 is 0 Å². The summed E-state index contributed by atoms with van der Waals surface area (Å²) in [6, 6.07) is 5.23. The van der Waals surface area contributed by atoms with Crippen LogP contribution in [0, 0.1) is 0 Å². The highest BCUT2D eigenvalue weighted by molar-refractivity contribution is 7.99. The van der Waals surface area contributed by atoms with Gasteiger partial charge in [0.15, 0.2) is 0 Å². The predicted octanol–water partition coefficient (Wildman–Crippen LogP) is 4.12. The van der Waals surface area contributed by atoms with Crippen LogP contribution in [0.5, 0.6) is 5.75 Å². The van der Waals surface area contributed by atoms with Crippen molar-refractivity contribution < 1.29 is 9.90 Å². The molecule has 130 valence electrons. The molecule has 25 heavy (non-hydrogen) atoms. The van der Waals surface area contributed by atoms with Gasteiger partial charge in [-0.3, -0.25) is 9.59 Å². The topological polar surface area (TPSA) is 82.2 Å². The maximum Gasteiger partial charge on any atom is 0.265 e. The van der Waals surface area contributed by atoms with Crippen molar-refractivity contribution in [2.45, 2.75) is 4.90 Å². The summed E-state index contributed by atoms with van der Waals surface area (Å²) in [5.74, 6) is -0.425. The first-order chi connectivity index (χ1) is 12.0. The molecule has 0 aliphatic carbocycles. The highest BCUT2D eigenvalue weighted by Gasteiger charge is 2.19. The fourth-order valence-corrected chi connectivity index (χ4v) is 4.55. The normalized spacial score (nSPS) is 11.0. The molecule has 2 aromatic heterocycles. The number of fused-ring (bicyclic) bond motifs is 1. The maximum absolute atomic E-state index is 12.2. The zero-order chi connectivity index (χ0) is 18.0. The number of halogens is 2. The fourth-order valence-electron chi connectivity index (χ4n) is 2.24. The van der Waals surface area contributed by atoms with Gasteiger partial charge in [-0.2, -0.15) is 0 Å². The van der Waals surface area contributed by atoms with Crippen LogP contribution in [-0.2, 0) is 0 Å². The molecule has 3 rings (SSSR count). The Labute approximate surface area is 161 Å². The van der Waals surface area contributed by atoms with E-state index in [1.165, 1.54) is 23.1 Å². The molecule has 0 aliphatic rings. The largest absolute Gasteiger partial charge is 0.506 e. The number of hydrogen-bond donors (Lipinski definition) is 3. The summed E-state index contributed by atoms with van der Waals surface area (Å²) in [5.41, 5.74) is -0.401. The van der Waals surface area contributed by atoms with Gasteiger partial charge in [-0.05, 0) is 12.1 Å². The van der Waals surface area contributed by atoms with Crippen molar-refractivity contribution in [1.82, 2.24) is 10.3 Å². The molecule has 0 saturated carbocycles. The zero-order valence-electron chi connectivity index (χ0n) is 12.6. The van der Waals surface area contributed by atoms with Gasteiger partial charge in [0.25, 0.3) is 11.5 Å². The third kappa shape index (κ3) is 3.79. The summed E-state index contributed by atoms with van der Waals surface area (Å²) >= 11 is 14.9. The van der Waals surface area contributed by atoms with Crippen LogP contribution in [0.1, 0.15) is 10.4 Å². The van der Waals surface area contributed by atoms with E-state index < -0.39 is 11.5 Å². The molecule has 2 heterocycles. The standard InChI is InChI=1S/C16H12Cl2N2O3S2/c17-9-2-1-3-10(18)14(9)25-5-4-19-15(22)12-13(21)8-6-24-7-11(8)20-16(12)23/h1-3,6-7,21H,4-5H2,(H,19,22)(H,20,23). The Morgan fingerprint density at radius 3 is 2.72 bits per heavy atom. The molecule has 0 aliphatic heterocycles. The van der Waals surface area contributed by atoms with Gasteiger partial charge in [0.2, 0.25) is 0 Å². The van der Waals surface area contributed by atoms with Crippen molar-refractivity contribution in [3.8, 4) is 5.75 Å². The molecular formula is C16H12Cl2N2O3S2. The Morgan fingerprint density at radius 1 is 1.28 bits per heavy atom. The minimum absolute atomic E-state index is 0.283. The smallest absolute Gasteiger partial charge is 0.265 e. The van der Waals surface area contributed by atoms with E-state index in [4.69, 9.17) is 23.2 Å². The predicted molar refractivity (Wildman–Crippen MR) is 104 cm³/mol. The molecule has 3 N–H and O–H groups in total. The van der Waals surface area contributed by atoms with E-state index >= 15 is 0 Å². The number of nitrogens with one attached hydrogen (secondary N) is 2. The van der Waals surface area contributed by atoms with Crippen molar-refractivity contribution in [3.05, 3.63) is 54.9 Å². The van der Waals surface area contributed by atoms with Crippen LogP contribution in [0.4, 0.5) is 0 Å². The monoisotopic (exact) mass is 414 g/mol. The van der Waals surface area contributed by atoms with E-state index in [-0.39, 0.29) is 17.9 Å². The first kappa shape index (κ1) is 18.1. The van der Waals surface area contributed by atoms with Crippen molar-refractivity contribution in [2.75, 3.05) is 12.3 Å². The van der Waals surface area contributed by atoms with E-state index in [9.17, 15) is 14.7 Å². The molecule has 0 bridgehead atoms. The number of carbonyl (C=O) groups is 1. The van der Waals surface area contributed by atoms with E-state index in [1.54, 1.807) is 29.0 Å². The third-order valence-corrected chi connectivity index (χ3v) is 6.14. The zero-order valence-corrected chi connectivity index (χ0v) is 15.8. The lowest BCUT2D eigenvalue weighted by molar-refractivity contribution is 0.0952. The summed E-state index contributed by atoms with van der Waals surface area (Å²) in [6.45, 7) is 0.283. The number of aromatic nitrogens is 1. The number of carbonyl (C=O) groups excluding carboxylic acids is 1. The minimum atomic E-state index is -0.627. The average Bonchev–Trinajstić information content (AvgIpc) is 3.02. The van der Waals surface area contributed by atoms with Gasteiger partial charge in [0.1, 0.15) is 11.3 Å². The number of rotatable bonds is 5. The first-order valence-corrected chi connectivity index (χ1v) is 9.83. The highest BCUT2D eigenvalue weighted by Crippen LogP contribution is 2.33. The molecule has 0 radical (unpaired) electrons. The van der Waals surface area contributed by atoms with E-state index in [0.29, 0.717) is 26.7 Å². The molecule has 1 aromatic carbocycles. The van der Waals surface area contributed by atoms with E-state index in [1.807, 2.05) is 0 Å². The molecule has 0 fully saturated rings. The van der Waals surface area contributed by atoms with Gasteiger partial charge in [-0.25, -0.2) is 0 Å². The number of thioether (sulfide) groups is 1. The molecule has 0 saturated heterocycles. The van der Waals surface area contributed by atoms with Crippen molar-refractivity contribution in [2.24, 2.45) is 0 Å². The number of amides is 1. The molecule has 0 spiro atoms. The lowest BCUT2D eigenvalue weighted by atomic mass is 10.2. The Hall–Kier alpha value is -1.67. The maximum atomic E-state index is 12.2. The lowest BCUT2D eigenvalue weighted by Crippen LogP contribution is -2.31. The number of benzene rings is 1. The van der Waals surface area contributed by atoms with Gasteiger partial charge in [-0.15, -0.1) is 23.1 Å². The Balaban J connectivity index is 1.66. The van der Waals surface area contributed by atoms with Crippen LogP contribution in [0.2, 0.25) is 10.0 Å². The summed E-state index contributed by atoms with van der Waals surface area (Å²) < 4.78 is 0. The SMILES string of the molecule is O=C(NCCSc1c(Cl)cccc1Cl)c1c(O)c2cscc2[nH]c1=O. The van der Waals surface area contributed by atoms with Crippen LogP contribution in [0.3, 0.4) is 0 Å². The number of hydrogen-bond acceptors (Lipinski definition) is 5. The van der Waals surface area contributed by atoms with Crippen molar-refractivity contribution in [3.63, 3.8) is 0 Å². The third-order valence-electron chi connectivity index (χ3n) is 3.41. The summed E-state index contributed by atoms with van der Waals surface area (Å²) in [5, 5.41) is 17.7. The van der Waals surface area contributed by atoms with Gasteiger partial charge < -0.3 is 15.4 Å². The van der Waals surface area contributed by atoms with Gasteiger partial charge in [-0.1, -0.05) is 29.3 Å². The van der Waals surface area contributed by atoms with Crippen LogP contribution in [-0.4, -0.2) is 28.3 Å². The quantitative estimate of drug-likeness (QED) is 0.433. The number of aromatic amines is 1. The average molecular weight is 415 g/mol. The molecule has 9 heteroatoms. The van der Waals surface area contributed by atoms with Crippen molar-refractivity contribution >= 4 is 63.1 Å². The summed E-state index contributed by atoms with van der Waals surface area (Å²) in [4.78, 5) is 27.6. The summed E-state index contributed by atoms with van der Waals surface area (Å²) in [7, 11) is 0. The molecule has 0 atom stereocenters. The molecule has 3 aromatic rings. The Bertz CT molecular complexity index is 980. The van der Waals surface area contributed by atoms with Gasteiger partial charge in [0.05, 0.1) is 20.9 Å². The van der Waals surface area contributed by atoms with Crippen LogP contribution >= 0.6 is 46.3 Å². The van der Waals surface area contributed by atoms with E-state index in [0.717, 1.165) is 4.90 Å². The van der Waals surface area contributed by atoms with Crippen LogP contribution in [0.25, 0.3) is 10.9 Å². The number of aromatic hydroxyl groups is 1. The van der Waals surface area contributed by atoms with Crippen LogP contribution < -0.4 is 10.9 Å². The molecule has 1 amide bonds. The molecule has 5 nitrogen and oxygen atoms in total. The number of pyridine rings is 1. The van der Waals surface area contributed by atoms with Crippen LogP contribution in [0.15, 0.2) is 38.6 Å². The van der Waals surface area contributed by atoms with Crippen molar-refractivity contribution in [1.29, 1.82) is 0 Å². The van der Waals surface area contributed by atoms with Gasteiger partial charge in [0, 0.05) is 28.0 Å². The Kier molecular flexibility index (Phi) is 5.58. The number of thiophene rings is 1. The second-order valence-electron chi connectivity index (χ2n) is 5.03. The van der Waals surface area contributed by atoms with E-state index in [2.05, 4.69) is 10.3 Å². The highest BCUT2D eigenvalue weighted by atomic mass is 35.5. The Morgan fingerprint density at radius 2 is 2.00 bits per heavy atom. The number of H-pyrrole nitrogens is 1. The lowest BCUT2D eigenvalue weighted by Gasteiger charge is -2.08.